The summed E-state index contributed by atoms with van der Waals surface area (Å²) in [6.45, 7) is 0. The fraction of sp³-hybridized carbons (Fsp3) is 0. The van der Waals surface area contributed by atoms with Gasteiger partial charge in [0.2, 0.25) is 0 Å². The number of nitrogens with zero attached hydrogens (tertiary/aromatic N) is 1. The predicted octanol–water partition coefficient (Wildman–Crippen LogP) is 3.04. The SMILES string of the molecule is c1ccc2c(Sc3ncc[nH]3)c[nH]c2c1. The van der Waals surface area contributed by atoms with Gasteiger partial charge in [0.25, 0.3) is 0 Å². The lowest BCUT2D eigenvalue weighted by Crippen LogP contribution is -1.73. The first-order valence-electron chi connectivity index (χ1n) is 4.67. The van der Waals surface area contributed by atoms with E-state index in [0.29, 0.717) is 0 Å². The second kappa shape index (κ2) is 3.47. The van der Waals surface area contributed by atoms with Crippen LogP contribution in [0, 0.1) is 0 Å². The fourth-order valence-electron chi connectivity index (χ4n) is 1.54. The molecule has 15 heavy (non-hydrogen) atoms. The summed E-state index contributed by atoms with van der Waals surface area (Å²) in [6.07, 6.45) is 5.60. The molecule has 0 aliphatic rings. The summed E-state index contributed by atoms with van der Waals surface area (Å²) in [5, 5.41) is 2.15. The number of aromatic nitrogens is 3. The Morgan fingerprint density at radius 2 is 2.07 bits per heavy atom. The summed E-state index contributed by atoms with van der Waals surface area (Å²) in [7, 11) is 0. The fourth-order valence-corrected chi connectivity index (χ4v) is 2.39. The van der Waals surface area contributed by atoms with Crippen molar-refractivity contribution in [2.24, 2.45) is 0 Å². The number of aromatic amines is 2. The quantitative estimate of drug-likeness (QED) is 0.690. The van der Waals surface area contributed by atoms with Crippen molar-refractivity contribution >= 4 is 22.7 Å². The van der Waals surface area contributed by atoms with E-state index in [9.17, 15) is 0 Å². The molecule has 0 saturated heterocycles. The Morgan fingerprint density at radius 3 is 2.93 bits per heavy atom. The molecular formula is C11H9N3S. The van der Waals surface area contributed by atoms with E-state index in [4.69, 9.17) is 0 Å². The highest BCUT2D eigenvalue weighted by molar-refractivity contribution is 7.99. The lowest BCUT2D eigenvalue weighted by Gasteiger charge is -1.94. The van der Waals surface area contributed by atoms with Crippen LogP contribution in [-0.4, -0.2) is 15.0 Å². The van der Waals surface area contributed by atoms with Crippen LogP contribution in [0.1, 0.15) is 0 Å². The summed E-state index contributed by atoms with van der Waals surface area (Å²) in [5.74, 6) is 0. The zero-order valence-corrected chi connectivity index (χ0v) is 8.71. The van der Waals surface area contributed by atoms with Gasteiger partial charge in [-0.15, -0.1) is 0 Å². The second-order valence-corrected chi connectivity index (χ2v) is 4.23. The van der Waals surface area contributed by atoms with Crippen molar-refractivity contribution in [2.75, 3.05) is 0 Å². The van der Waals surface area contributed by atoms with E-state index >= 15 is 0 Å². The Labute approximate surface area is 90.9 Å². The van der Waals surface area contributed by atoms with Gasteiger partial charge in [-0.05, 0) is 17.8 Å². The number of H-pyrrole nitrogens is 2. The van der Waals surface area contributed by atoms with E-state index in [2.05, 4.69) is 27.1 Å². The van der Waals surface area contributed by atoms with Crippen molar-refractivity contribution in [1.82, 2.24) is 15.0 Å². The van der Waals surface area contributed by atoms with Crippen LogP contribution in [0.5, 0.6) is 0 Å². The Bertz CT molecular complexity index is 568. The molecule has 0 atom stereocenters. The van der Waals surface area contributed by atoms with Crippen molar-refractivity contribution in [1.29, 1.82) is 0 Å². The molecule has 3 aromatic rings. The molecule has 0 bridgehead atoms. The minimum absolute atomic E-state index is 0.916. The largest absolute Gasteiger partial charge is 0.360 e. The molecule has 2 aromatic heterocycles. The summed E-state index contributed by atoms with van der Waals surface area (Å²) in [4.78, 5) is 11.7. The van der Waals surface area contributed by atoms with Gasteiger partial charge in [0.05, 0.1) is 0 Å². The molecule has 0 spiro atoms. The summed E-state index contributed by atoms with van der Waals surface area (Å²) in [6, 6.07) is 8.25. The zero-order chi connectivity index (χ0) is 10.1. The van der Waals surface area contributed by atoms with Crippen molar-refractivity contribution in [3.8, 4) is 0 Å². The van der Waals surface area contributed by atoms with Crippen molar-refractivity contribution in [3.63, 3.8) is 0 Å². The lowest BCUT2D eigenvalue weighted by atomic mass is 10.2. The van der Waals surface area contributed by atoms with Crippen LogP contribution in [0.4, 0.5) is 0 Å². The molecule has 0 aliphatic heterocycles. The molecular weight excluding hydrogens is 206 g/mol. The number of hydrogen-bond donors (Lipinski definition) is 2. The number of rotatable bonds is 2. The van der Waals surface area contributed by atoms with Crippen molar-refractivity contribution < 1.29 is 0 Å². The molecule has 0 aliphatic carbocycles. The van der Waals surface area contributed by atoms with E-state index in [1.165, 1.54) is 10.3 Å². The average Bonchev–Trinajstić information content (AvgIpc) is 2.89. The van der Waals surface area contributed by atoms with Crippen molar-refractivity contribution in [3.05, 3.63) is 42.9 Å². The first-order chi connectivity index (χ1) is 7.43. The minimum atomic E-state index is 0.916. The number of fused-ring (bicyclic) bond motifs is 1. The van der Waals surface area contributed by atoms with Crippen LogP contribution in [0.2, 0.25) is 0 Å². The molecule has 0 amide bonds. The Hall–Kier alpha value is -1.68. The number of para-hydroxylation sites is 1. The first kappa shape index (κ1) is 8.61. The normalized spacial score (nSPS) is 10.9. The predicted molar refractivity (Wildman–Crippen MR) is 61.0 cm³/mol. The molecule has 0 unspecified atom stereocenters. The molecule has 0 radical (unpaired) electrons. The first-order valence-corrected chi connectivity index (χ1v) is 5.48. The maximum Gasteiger partial charge on any atom is 0.170 e. The van der Waals surface area contributed by atoms with Crippen LogP contribution in [0.3, 0.4) is 0 Å². The Kier molecular flexibility index (Phi) is 1.99. The third-order valence-electron chi connectivity index (χ3n) is 2.23. The highest BCUT2D eigenvalue weighted by atomic mass is 32.2. The molecule has 0 fully saturated rings. The van der Waals surface area contributed by atoms with Crippen LogP contribution in [0.25, 0.3) is 10.9 Å². The summed E-state index contributed by atoms with van der Waals surface area (Å²) < 4.78 is 0. The summed E-state index contributed by atoms with van der Waals surface area (Å²) in [5.41, 5.74) is 1.16. The number of nitrogens with one attached hydrogen (secondary N) is 2. The van der Waals surface area contributed by atoms with Gasteiger partial charge in [-0.2, -0.15) is 0 Å². The van der Waals surface area contributed by atoms with Gasteiger partial charge in [0.15, 0.2) is 5.16 Å². The Balaban J connectivity index is 2.05. The number of benzene rings is 1. The third-order valence-corrected chi connectivity index (χ3v) is 3.21. The second-order valence-electron chi connectivity index (χ2n) is 3.19. The topological polar surface area (TPSA) is 44.5 Å². The van der Waals surface area contributed by atoms with Gasteiger partial charge < -0.3 is 9.97 Å². The summed E-state index contributed by atoms with van der Waals surface area (Å²) >= 11 is 1.63. The van der Waals surface area contributed by atoms with Gasteiger partial charge in [-0.1, -0.05) is 18.2 Å². The molecule has 4 heteroatoms. The van der Waals surface area contributed by atoms with E-state index in [1.807, 2.05) is 24.5 Å². The smallest absolute Gasteiger partial charge is 0.170 e. The number of imidazole rings is 1. The van der Waals surface area contributed by atoms with Crippen LogP contribution >= 0.6 is 11.8 Å². The molecule has 74 valence electrons. The van der Waals surface area contributed by atoms with Crippen LogP contribution in [0.15, 0.2) is 52.9 Å². The lowest BCUT2D eigenvalue weighted by molar-refractivity contribution is 1.06. The van der Waals surface area contributed by atoms with Gasteiger partial charge in [-0.3, -0.25) is 0 Å². The van der Waals surface area contributed by atoms with Gasteiger partial charge in [0.1, 0.15) is 0 Å². The monoisotopic (exact) mass is 215 g/mol. The van der Waals surface area contributed by atoms with Gasteiger partial charge in [-0.25, -0.2) is 4.98 Å². The third kappa shape index (κ3) is 1.53. The maximum atomic E-state index is 4.19. The van der Waals surface area contributed by atoms with E-state index < -0.39 is 0 Å². The molecule has 3 rings (SSSR count). The van der Waals surface area contributed by atoms with E-state index in [0.717, 1.165) is 10.7 Å². The maximum absolute atomic E-state index is 4.19. The van der Waals surface area contributed by atoms with Gasteiger partial charge in [0, 0.05) is 34.4 Å². The Morgan fingerprint density at radius 1 is 1.13 bits per heavy atom. The molecule has 2 heterocycles. The average molecular weight is 215 g/mol. The molecule has 2 N–H and O–H groups in total. The van der Waals surface area contributed by atoms with Crippen molar-refractivity contribution in [2.45, 2.75) is 10.1 Å². The van der Waals surface area contributed by atoms with E-state index in [-0.39, 0.29) is 0 Å². The molecule has 1 aromatic carbocycles. The zero-order valence-electron chi connectivity index (χ0n) is 7.90. The van der Waals surface area contributed by atoms with E-state index in [1.54, 1.807) is 18.0 Å². The van der Waals surface area contributed by atoms with Crippen LogP contribution in [-0.2, 0) is 0 Å². The van der Waals surface area contributed by atoms with Crippen LogP contribution < -0.4 is 0 Å². The number of hydrogen-bond acceptors (Lipinski definition) is 2. The molecule has 0 saturated carbocycles. The highest BCUT2D eigenvalue weighted by Crippen LogP contribution is 2.31. The highest BCUT2D eigenvalue weighted by Gasteiger charge is 2.05. The van der Waals surface area contributed by atoms with Gasteiger partial charge >= 0.3 is 0 Å². The standard InChI is InChI=1S/C11H9N3S/c1-2-4-9-8(3-1)10(7-14-9)15-11-12-5-6-13-11/h1-7,14H,(H,12,13). The molecule has 3 nitrogen and oxygen atoms in total. The minimum Gasteiger partial charge on any atom is -0.360 e.